The zero-order chi connectivity index (χ0) is 13.6. The van der Waals surface area contributed by atoms with Gasteiger partial charge in [-0.1, -0.05) is 6.42 Å². The van der Waals surface area contributed by atoms with Crippen LogP contribution in [0, 0.1) is 11.8 Å². The number of carboxylic acids is 1. The van der Waals surface area contributed by atoms with E-state index >= 15 is 0 Å². The minimum Gasteiger partial charge on any atom is -0.480 e. The minimum atomic E-state index is -1.16. The predicted molar refractivity (Wildman–Crippen MR) is 65.3 cm³/mol. The summed E-state index contributed by atoms with van der Waals surface area (Å²) in [5, 5.41) is 11.5. The van der Waals surface area contributed by atoms with Crippen LogP contribution in [-0.2, 0) is 9.59 Å². The van der Waals surface area contributed by atoms with Gasteiger partial charge in [0.05, 0.1) is 0 Å². The molecule has 6 nitrogen and oxygen atoms in total. The minimum absolute atomic E-state index is 0.342. The number of carbonyl (C=O) groups excluding carboxylic acids is 2. The molecule has 3 rings (SSSR count). The molecule has 104 valence electrons. The smallest absolute Gasteiger partial charge is 0.325 e. The second kappa shape index (κ2) is 4.21. The fraction of sp³-hybridized carbons (Fsp3) is 0.769. The van der Waals surface area contributed by atoms with Crippen molar-refractivity contribution in [3.05, 3.63) is 0 Å². The molecule has 3 aliphatic rings. The fourth-order valence-corrected chi connectivity index (χ4v) is 3.55. The molecule has 0 bridgehead atoms. The van der Waals surface area contributed by atoms with Gasteiger partial charge in [-0.2, -0.15) is 0 Å². The monoisotopic (exact) mass is 266 g/mol. The molecule has 2 unspecified atom stereocenters. The molecule has 1 aliphatic heterocycles. The Hall–Kier alpha value is -1.59. The number of nitrogens with zero attached hydrogens (tertiary/aromatic N) is 1. The molecular formula is C13H18N2O4. The van der Waals surface area contributed by atoms with Crippen molar-refractivity contribution in [1.82, 2.24) is 10.2 Å². The maximum absolute atomic E-state index is 12.4. The van der Waals surface area contributed by atoms with E-state index in [0.29, 0.717) is 24.7 Å². The van der Waals surface area contributed by atoms with Crippen molar-refractivity contribution < 1.29 is 19.5 Å². The molecule has 0 radical (unpaired) electrons. The van der Waals surface area contributed by atoms with Crippen LogP contribution in [0.15, 0.2) is 0 Å². The maximum atomic E-state index is 12.4. The van der Waals surface area contributed by atoms with E-state index in [2.05, 4.69) is 5.32 Å². The lowest BCUT2D eigenvalue weighted by atomic mass is 9.74. The van der Waals surface area contributed by atoms with Gasteiger partial charge in [-0.05, 0) is 43.9 Å². The SMILES string of the molecule is O=C(O)CN1C(=O)NC2(CCCC(C3CC3)C2)C1=O. The standard InChI is InChI=1S/C13H18N2O4/c16-10(17)7-15-11(18)13(14-12(15)19)5-1-2-9(6-13)8-3-4-8/h8-9H,1-7H2,(H,14,19)(H,16,17). The van der Waals surface area contributed by atoms with Gasteiger partial charge in [-0.3, -0.25) is 14.5 Å². The van der Waals surface area contributed by atoms with Crippen molar-refractivity contribution in [3.63, 3.8) is 0 Å². The molecule has 0 aromatic heterocycles. The predicted octanol–water partition coefficient (Wildman–Crippen LogP) is 0.962. The topological polar surface area (TPSA) is 86.7 Å². The van der Waals surface area contributed by atoms with Crippen LogP contribution < -0.4 is 5.32 Å². The van der Waals surface area contributed by atoms with Gasteiger partial charge in [0, 0.05) is 0 Å². The van der Waals surface area contributed by atoms with Crippen molar-refractivity contribution in [2.45, 2.75) is 44.1 Å². The van der Waals surface area contributed by atoms with Gasteiger partial charge in [0.1, 0.15) is 12.1 Å². The molecule has 2 atom stereocenters. The summed E-state index contributed by atoms with van der Waals surface area (Å²) in [6.45, 7) is -0.541. The molecular weight excluding hydrogens is 248 g/mol. The first kappa shape index (κ1) is 12.4. The molecule has 0 aromatic rings. The molecule has 0 aromatic carbocycles. The molecule has 1 saturated heterocycles. The van der Waals surface area contributed by atoms with Crippen LogP contribution >= 0.6 is 0 Å². The highest BCUT2D eigenvalue weighted by Crippen LogP contribution is 2.47. The Balaban J connectivity index is 1.78. The van der Waals surface area contributed by atoms with Crippen LogP contribution in [-0.4, -0.2) is 40.0 Å². The zero-order valence-corrected chi connectivity index (χ0v) is 10.7. The summed E-state index contributed by atoms with van der Waals surface area (Å²) >= 11 is 0. The van der Waals surface area contributed by atoms with Crippen molar-refractivity contribution in [2.24, 2.45) is 11.8 Å². The first-order chi connectivity index (χ1) is 9.02. The van der Waals surface area contributed by atoms with E-state index in [4.69, 9.17) is 5.11 Å². The van der Waals surface area contributed by atoms with E-state index in [0.717, 1.165) is 17.7 Å². The van der Waals surface area contributed by atoms with Gasteiger partial charge in [-0.25, -0.2) is 4.79 Å². The van der Waals surface area contributed by atoms with Gasteiger partial charge in [0.15, 0.2) is 0 Å². The highest BCUT2D eigenvalue weighted by atomic mass is 16.4. The van der Waals surface area contributed by atoms with E-state index in [1.165, 1.54) is 12.8 Å². The number of carboxylic acid groups (broad SMARTS) is 1. The lowest BCUT2D eigenvalue weighted by Gasteiger charge is -2.35. The number of rotatable bonds is 3. The summed E-state index contributed by atoms with van der Waals surface area (Å²) in [5.74, 6) is -0.293. The van der Waals surface area contributed by atoms with Crippen LogP contribution in [0.5, 0.6) is 0 Å². The third kappa shape index (κ3) is 2.09. The summed E-state index contributed by atoms with van der Waals surface area (Å²) in [6, 6.07) is -0.552. The van der Waals surface area contributed by atoms with Crippen LogP contribution in [0.2, 0.25) is 0 Å². The Morgan fingerprint density at radius 1 is 1.32 bits per heavy atom. The Bertz CT molecular complexity index is 446. The lowest BCUT2D eigenvalue weighted by Crippen LogP contribution is -2.50. The third-order valence-corrected chi connectivity index (χ3v) is 4.62. The van der Waals surface area contributed by atoms with Crippen LogP contribution in [0.3, 0.4) is 0 Å². The summed E-state index contributed by atoms with van der Waals surface area (Å²) < 4.78 is 0. The number of imide groups is 1. The van der Waals surface area contributed by atoms with Gasteiger partial charge in [0.25, 0.3) is 5.91 Å². The maximum Gasteiger partial charge on any atom is 0.325 e. The Morgan fingerprint density at radius 3 is 2.68 bits per heavy atom. The number of carbonyl (C=O) groups is 3. The zero-order valence-electron chi connectivity index (χ0n) is 10.7. The number of hydrogen-bond acceptors (Lipinski definition) is 3. The van der Waals surface area contributed by atoms with E-state index in [9.17, 15) is 14.4 Å². The van der Waals surface area contributed by atoms with Crippen molar-refractivity contribution in [2.75, 3.05) is 6.54 Å². The molecule has 19 heavy (non-hydrogen) atoms. The van der Waals surface area contributed by atoms with Crippen LogP contribution in [0.1, 0.15) is 38.5 Å². The normalized spacial score (nSPS) is 34.7. The average Bonchev–Trinajstić information content (AvgIpc) is 3.16. The highest BCUT2D eigenvalue weighted by Gasteiger charge is 2.54. The second-order valence-corrected chi connectivity index (χ2v) is 5.99. The largest absolute Gasteiger partial charge is 0.480 e. The van der Waals surface area contributed by atoms with Gasteiger partial charge < -0.3 is 10.4 Å². The Kier molecular flexibility index (Phi) is 2.76. The van der Waals surface area contributed by atoms with Crippen molar-refractivity contribution in [1.29, 1.82) is 0 Å². The van der Waals surface area contributed by atoms with Gasteiger partial charge in [0.2, 0.25) is 0 Å². The van der Waals surface area contributed by atoms with E-state index in [1.807, 2.05) is 0 Å². The Labute approximate surface area is 111 Å². The van der Waals surface area contributed by atoms with E-state index in [-0.39, 0.29) is 5.91 Å². The first-order valence-corrected chi connectivity index (χ1v) is 6.88. The molecule has 3 fully saturated rings. The third-order valence-electron chi connectivity index (χ3n) is 4.62. The molecule has 3 amide bonds. The van der Waals surface area contributed by atoms with Crippen molar-refractivity contribution >= 4 is 17.9 Å². The van der Waals surface area contributed by atoms with Crippen molar-refractivity contribution in [3.8, 4) is 0 Å². The second-order valence-electron chi connectivity index (χ2n) is 5.99. The van der Waals surface area contributed by atoms with Crippen LogP contribution in [0.25, 0.3) is 0 Å². The summed E-state index contributed by atoms with van der Waals surface area (Å²) in [7, 11) is 0. The number of hydrogen-bond donors (Lipinski definition) is 2. The number of aliphatic carboxylic acids is 1. The molecule has 1 spiro atoms. The highest BCUT2D eigenvalue weighted by molar-refractivity contribution is 6.08. The van der Waals surface area contributed by atoms with Crippen LogP contribution in [0.4, 0.5) is 4.79 Å². The molecule has 2 aliphatic carbocycles. The number of amides is 3. The summed E-state index contributed by atoms with van der Waals surface area (Å²) in [6.07, 6.45) is 5.81. The summed E-state index contributed by atoms with van der Waals surface area (Å²) in [4.78, 5) is 35.8. The Morgan fingerprint density at radius 2 is 2.05 bits per heavy atom. The molecule has 2 N–H and O–H groups in total. The molecule has 1 heterocycles. The van der Waals surface area contributed by atoms with Gasteiger partial charge >= 0.3 is 12.0 Å². The number of urea groups is 1. The molecule has 6 heteroatoms. The average molecular weight is 266 g/mol. The summed E-state index contributed by atoms with van der Waals surface area (Å²) in [5.41, 5.74) is -0.821. The van der Waals surface area contributed by atoms with E-state index < -0.39 is 24.1 Å². The number of nitrogens with one attached hydrogen (secondary N) is 1. The fourth-order valence-electron chi connectivity index (χ4n) is 3.55. The van der Waals surface area contributed by atoms with E-state index in [1.54, 1.807) is 0 Å². The quantitative estimate of drug-likeness (QED) is 0.745. The first-order valence-electron chi connectivity index (χ1n) is 6.88. The molecule has 2 saturated carbocycles. The van der Waals surface area contributed by atoms with Gasteiger partial charge in [-0.15, -0.1) is 0 Å². The lowest BCUT2D eigenvalue weighted by molar-refractivity contribution is -0.143.